The quantitative estimate of drug-likeness (QED) is 0.767. The highest BCUT2D eigenvalue weighted by atomic mass is 32.2. The second kappa shape index (κ2) is 7.19. The summed E-state index contributed by atoms with van der Waals surface area (Å²) in [7, 11) is 0. The van der Waals surface area contributed by atoms with Gasteiger partial charge in [-0.1, -0.05) is 6.42 Å². The molecule has 1 N–H and O–H groups in total. The average Bonchev–Trinajstić information content (AvgIpc) is 2.98. The Labute approximate surface area is 156 Å². The van der Waals surface area contributed by atoms with Gasteiger partial charge in [0.25, 0.3) is 5.79 Å². The van der Waals surface area contributed by atoms with Crippen LogP contribution in [0.15, 0.2) is 47.4 Å². The predicted octanol–water partition coefficient (Wildman–Crippen LogP) is 4.99. The number of amides is 1. The lowest BCUT2D eigenvalue weighted by molar-refractivity contribution is -0.113. The molecular formula is C20H20FNO3S. The number of nitrogens with one attached hydrogen (secondary N) is 1. The van der Waals surface area contributed by atoms with Crippen molar-refractivity contribution in [3.05, 3.63) is 48.3 Å². The molecule has 0 atom stereocenters. The number of fused-ring (bicyclic) bond motifs is 1. The Balaban J connectivity index is 1.35. The standard InChI is InChI=1S/C20H20FNO3S/c21-14-4-7-16(8-5-14)26-13-19(23)22-15-6-9-17-18(12-15)25-20(24-17)10-2-1-3-11-20/h4-9,12H,1-3,10-11,13H2,(H,22,23). The molecule has 136 valence electrons. The van der Waals surface area contributed by atoms with Gasteiger partial charge in [-0.3, -0.25) is 4.79 Å². The van der Waals surface area contributed by atoms with E-state index in [1.165, 1.54) is 30.3 Å². The molecule has 0 unspecified atom stereocenters. The average molecular weight is 373 g/mol. The lowest BCUT2D eigenvalue weighted by Gasteiger charge is -2.31. The molecular weight excluding hydrogens is 353 g/mol. The Morgan fingerprint density at radius 1 is 1.04 bits per heavy atom. The fourth-order valence-corrected chi connectivity index (χ4v) is 4.04. The van der Waals surface area contributed by atoms with E-state index in [9.17, 15) is 9.18 Å². The zero-order valence-electron chi connectivity index (χ0n) is 14.3. The van der Waals surface area contributed by atoms with Crippen molar-refractivity contribution in [2.75, 3.05) is 11.1 Å². The summed E-state index contributed by atoms with van der Waals surface area (Å²) >= 11 is 1.36. The van der Waals surface area contributed by atoms with Gasteiger partial charge in [0.05, 0.1) is 5.75 Å². The van der Waals surface area contributed by atoms with Gasteiger partial charge in [0.15, 0.2) is 11.5 Å². The third-order valence-electron chi connectivity index (χ3n) is 4.62. The Morgan fingerprint density at radius 3 is 2.54 bits per heavy atom. The molecule has 4 nitrogen and oxygen atoms in total. The number of halogens is 1. The molecule has 2 aliphatic rings. The van der Waals surface area contributed by atoms with Crippen molar-refractivity contribution in [2.24, 2.45) is 0 Å². The van der Waals surface area contributed by atoms with Gasteiger partial charge in [-0.05, 0) is 49.2 Å². The maximum atomic E-state index is 12.9. The number of rotatable bonds is 4. The van der Waals surface area contributed by atoms with Crippen LogP contribution >= 0.6 is 11.8 Å². The van der Waals surface area contributed by atoms with E-state index in [0.717, 1.165) is 36.3 Å². The number of carbonyl (C=O) groups excluding carboxylic acids is 1. The van der Waals surface area contributed by atoms with Crippen molar-refractivity contribution in [1.29, 1.82) is 0 Å². The number of hydrogen-bond donors (Lipinski definition) is 1. The molecule has 4 rings (SSSR count). The molecule has 1 aliphatic heterocycles. The zero-order valence-corrected chi connectivity index (χ0v) is 15.1. The van der Waals surface area contributed by atoms with Gasteiger partial charge < -0.3 is 14.8 Å². The normalized spacial score (nSPS) is 17.3. The van der Waals surface area contributed by atoms with E-state index in [0.29, 0.717) is 11.4 Å². The molecule has 1 heterocycles. The van der Waals surface area contributed by atoms with Crippen molar-refractivity contribution < 1.29 is 18.7 Å². The van der Waals surface area contributed by atoms with Gasteiger partial charge in [-0.25, -0.2) is 4.39 Å². The summed E-state index contributed by atoms with van der Waals surface area (Å²) in [5.74, 6) is 0.771. The third-order valence-corrected chi connectivity index (χ3v) is 5.63. The lowest BCUT2D eigenvalue weighted by atomic mass is 9.94. The number of thioether (sulfide) groups is 1. The monoisotopic (exact) mass is 373 g/mol. The van der Waals surface area contributed by atoms with Crippen LogP contribution in [0.3, 0.4) is 0 Å². The van der Waals surface area contributed by atoms with E-state index in [-0.39, 0.29) is 17.5 Å². The van der Waals surface area contributed by atoms with E-state index in [1.807, 2.05) is 18.2 Å². The smallest absolute Gasteiger partial charge is 0.251 e. The first-order valence-corrected chi connectivity index (χ1v) is 9.81. The van der Waals surface area contributed by atoms with E-state index in [2.05, 4.69) is 5.32 Å². The summed E-state index contributed by atoms with van der Waals surface area (Å²) in [5, 5.41) is 2.88. The minimum atomic E-state index is -0.512. The fourth-order valence-electron chi connectivity index (χ4n) is 3.34. The van der Waals surface area contributed by atoms with E-state index >= 15 is 0 Å². The van der Waals surface area contributed by atoms with Crippen LogP contribution in [0.1, 0.15) is 32.1 Å². The number of benzene rings is 2. The van der Waals surface area contributed by atoms with Gasteiger partial charge in [0, 0.05) is 29.5 Å². The molecule has 6 heteroatoms. The van der Waals surface area contributed by atoms with Crippen molar-refractivity contribution in [1.82, 2.24) is 0 Å². The number of hydrogen-bond acceptors (Lipinski definition) is 4. The van der Waals surface area contributed by atoms with Crippen molar-refractivity contribution >= 4 is 23.4 Å². The van der Waals surface area contributed by atoms with Gasteiger partial charge in [-0.2, -0.15) is 0 Å². The second-order valence-corrected chi connectivity index (χ2v) is 7.68. The van der Waals surface area contributed by atoms with Crippen LogP contribution in [0.5, 0.6) is 11.5 Å². The van der Waals surface area contributed by atoms with Crippen LogP contribution in [0, 0.1) is 5.82 Å². The molecule has 1 spiro atoms. The number of ether oxygens (including phenoxy) is 2. The molecule has 1 fully saturated rings. The highest BCUT2D eigenvalue weighted by Gasteiger charge is 2.42. The molecule has 0 aromatic heterocycles. The largest absolute Gasteiger partial charge is 0.448 e. The number of carbonyl (C=O) groups is 1. The van der Waals surface area contributed by atoms with Gasteiger partial charge >= 0.3 is 0 Å². The summed E-state index contributed by atoms with van der Waals surface area (Å²) in [6.07, 6.45) is 5.24. The minimum absolute atomic E-state index is 0.120. The van der Waals surface area contributed by atoms with Gasteiger partial charge in [0.1, 0.15) is 5.82 Å². The SMILES string of the molecule is O=C(CSc1ccc(F)cc1)Nc1ccc2c(c1)OC1(CCCCC1)O2. The second-order valence-electron chi connectivity index (χ2n) is 6.63. The summed E-state index contributed by atoms with van der Waals surface area (Å²) < 4.78 is 25.0. The van der Waals surface area contributed by atoms with Crippen LogP contribution in [0.4, 0.5) is 10.1 Å². The molecule has 0 bridgehead atoms. The Bertz CT molecular complexity index is 803. The van der Waals surface area contributed by atoms with E-state index < -0.39 is 5.79 Å². The minimum Gasteiger partial charge on any atom is -0.448 e. The van der Waals surface area contributed by atoms with Crippen molar-refractivity contribution in [3.8, 4) is 11.5 Å². The van der Waals surface area contributed by atoms with E-state index in [4.69, 9.17) is 9.47 Å². The van der Waals surface area contributed by atoms with Gasteiger partial charge in [0.2, 0.25) is 5.91 Å². The van der Waals surface area contributed by atoms with Crippen LogP contribution in [0.2, 0.25) is 0 Å². The lowest BCUT2D eigenvalue weighted by Crippen LogP contribution is -2.40. The zero-order chi connectivity index (χ0) is 18.0. The molecule has 1 amide bonds. The Hall–Kier alpha value is -2.21. The topological polar surface area (TPSA) is 47.6 Å². The number of anilines is 1. The van der Waals surface area contributed by atoms with Crippen LogP contribution in [-0.2, 0) is 4.79 Å². The van der Waals surface area contributed by atoms with Crippen LogP contribution in [-0.4, -0.2) is 17.4 Å². The molecule has 2 aromatic carbocycles. The Kier molecular flexibility index (Phi) is 4.76. The molecule has 1 aliphatic carbocycles. The fraction of sp³-hybridized carbons (Fsp3) is 0.350. The highest BCUT2D eigenvalue weighted by molar-refractivity contribution is 8.00. The first-order chi connectivity index (χ1) is 12.6. The third kappa shape index (κ3) is 3.80. The predicted molar refractivity (Wildman–Crippen MR) is 99.3 cm³/mol. The molecule has 2 aromatic rings. The summed E-state index contributed by atoms with van der Waals surface area (Å²) in [6.45, 7) is 0. The molecule has 0 saturated heterocycles. The maximum Gasteiger partial charge on any atom is 0.251 e. The van der Waals surface area contributed by atoms with E-state index in [1.54, 1.807) is 12.1 Å². The maximum absolute atomic E-state index is 12.9. The summed E-state index contributed by atoms with van der Waals surface area (Å²) in [4.78, 5) is 13.0. The molecule has 26 heavy (non-hydrogen) atoms. The first kappa shape index (κ1) is 17.2. The molecule has 0 radical (unpaired) electrons. The summed E-state index contributed by atoms with van der Waals surface area (Å²) in [5.41, 5.74) is 0.685. The van der Waals surface area contributed by atoms with Crippen molar-refractivity contribution in [2.45, 2.75) is 42.8 Å². The van der Waals surface area contributed by atoms with Crippen molar-refractivity contribution in [3.63, 3.8) is 0 Å². The molecule has 1 saturated carbocycles. The van der Waals surface area contributed by atoms with Gasteiger partial charge in [-0.15, -0.1) is 11.8 Å². The highest BCUT2D eigenvalue weighted by Crippen LogP contribution is 2.46. The van der Waals surface area contributed by atoms with Crippen LogP contribution in [0.25, 0.3) is 0 Å². The Morgan fingerprint density at radius 2 is 1.77 bits per heavy atom. The summed E-state index contributed by atoms with van der Waals surface area (Å²) in [6, 6.07) is 11.6. The first-order valence-electron chi connectivity index (χ1n) is 8.82. The van der Waals surface area contributed by atoms with Crippen LogP contribution < -0.4 is 14.8 Å².